The van der Waals surface area contributed by atoms with E-state index in [4.69, 9.17) is 5.73 Å². The van der Waals surface area contributed by atoms with Crippen molar-refractivity contribution in [2.75, 3.05) is 0 Å². The Bertz CT molecular complexity index is 154. The van der Waals surface area contributed by atoms with Crippen LogP contribution in [0.15, 0.2) is 0 Å². The van der Waals surface area contributed by atoms with E-state index in [-0.39, 0.29) is 6.04 Å². The fraction of sp³-hybridized carbons (Fsp3) is 0.889. The van der Waals surface area contributed by atoms with Crippen LogP contribution in [0.4, 0.5) is 0 Å². The molecule has 2 N–H and O–H groups in total. The molecule has 0 amide bonds. The number of hydrogen-bond donors (Lipinski definition) is 1. The molecule has 64 valence electrons. The quantitative estimate of drug-likeness (QED) is 0.665. The van der Waals surface area contributed by atoms with Crippen LogP contribution in [0.25, 0.3) is 0 Å². The van der Waals surface area contributed by atoms with Crippen LogP contribution in [0.3, 0.4) is 0 Å². The highest BCUT2D eigenvalue weighted by atomic mass is 16.1. The molecule has 0 aromatic heterocycles. The normalized spacial score (nSPS) is 31.5. The van der Waals surface area contributed by atoms with Gasteiger partial charge in [0.25, 0.3) is 0 Å². The summed E-state index contributed by atoms with van der Waals surface area (Å²) in [4.78, 5) is 11.2. The molecular formula is C9H17NO. The summed E-state index contributed by atoms with van der Waals surface area (Å²) in [5, 5.41) is 0. The fourth-order valence-corrected chi connectivity index (χ4v) is 1.42. The smallest absolute Gasteiger partial charge is 0.134 e. The highest BCUT2D eigenvalue weighted by molar-refractivity contribution is 5.79. The summed E-state index contributed by atoms with van der Waals surface area (Å²) in [7, 11) is 0. The number of carbonyl (C=O) groups is 1. The van der Waals surface area contributed by atoms with Gasteiger partial charge >= 0.3 is 0 Å². The van der Waals surface area contributed by atoms with E-state index in [1.165, 1.54) is 6.42 Å². The van der Waals surface area contributed by atoms with Gasteiger partial charge in [-0.2, -0.15) is 0 Å². The summed E-state index contributed by atoms with van der Waals surface area (Å²) < 4.78 is 0. The Balaban J connectivity index is 2.11. The maximum absolute atomic E-state index is 11.2. The van der Waals surface area contributed by atoms with Crippen LogP contribution in [0, 0.1) is 11.8 Å². The van der Waals surface area contributed by atoms with Crippen LogP contribution in [0.5, 0.6) is 0 Å². The van der Waals surface area contributed by atoms with Crippen molar-refractivity contribution >= 4 is 5.78 Å². The van der Waals surface area contributed by atoms with Gasteiger partial charge < -0.3 is 5.73 Å². The van der Waals surface area contributed by atoms with E-state index in [2.05, 4.69) is 6.92 Å². The highest BCUT2D eigenvalue weighted by Gasteiger charge is 2.33. The lowest BCUT2D eigenvalue weighted by atomic mass is 10.1. The minimum atomic E-state index is 0.0385. The second-order valence-electron chi connectivity index (χ2n) is 3.90. The average molecular weight is 155 g/mol. The standard InChI is InChI=1S/C9H17NO/c1-6-3-8(6)5-9(11)4-7(2)10/h6-8H,3-5,10H2,1-2H3/t6?,7-,8?/m1/s1. The average Bonchev–Trinajstić information content (AvgIpc) is 2.43. The van der Waals surface area contributed by atoms with Gasteiger partial charge in [-0.05, 0) is 25.2 Å². The third-order valence-corrected chi connectivity index (χ3v) is 2.32. The molecule has 0 heterocycles. The van der Waals surface area contributed by atoms with E-state index in [1.807, 2.05) is 6.92 Å². The zero-order chi connectivity index (χ0) is 8.43. The summed E-state index contributed by atoms with van der Waals surface area (Å²) in [5.74, 6) is 1.81. The molecule has 1 rings (SSSR count). The number of hydrogen-bond acceptors (Lipinski definition) is 2. The number of Topliss-reactive ketones (excluding diaryl/α,β-unsaturated/α-hetero) is 1. The van der Waals surface area contributed by atoms with E-state index in [0.29, 0.717) is 18.1 Å². The van der Waals surface area contributed by atoms with Crippen molar-refractivity contribution < 1.29 is 4.79 Å². The molecule has 0 aliphatic heterocycles. The maximum atomic E-state index is 11.2. The summed E-state index contributed by atoms with van der Waals surface area (Å²) in [6, 6.07) is 0.0385. The van der Waals surface area contributed by atoms with Gasteiger partial charge in [-0.25, -0.2) is 0 Å². The molecule has 3 atom stereocenters. The van der Waals surface area contributed by atoms with Crippen LogP contribution in [0.2, 0.25) is 0 Å². The Morgan fingerprint density at radius 3 is 2.64 bits per heavy atom. The molecule has 0 spiro atoms. The molecule has 0 radical (unpaired) electrons. The van der Waals surface area contributed by atoms with Gasteiger partial charge in [0.15, 0.2) is 0 Å². The predicted octanol–water partition coefficient (Wildman–Crippen LogP) is 1.34. The monoisotopic (exact) mass is 155 g/mol. The lowest BCUT2D eigenvalue weighted by Gasteiger charge is -2.02. The van der Waals surface area contributed by atoms with Crippen molar-refractivity contribution in [2.24, 2.45) is 17.6 Å². The first kappa shape index (κ1) is 8.72. The minimum absolute atomic E-state index is 0.0385. The first-order valence-corrected chi connectivity index (χ1v) is 4.37. The molecule has 0 aromatic rings. The lowest BCUT2D eigenvalue weighted by Crippen LogP contribution is -2.19. The third-order valence-electron chi connectivity index (χ3n) is 2.32. The fourth-order valence-electron chi connectivity index (χ4n) is 1.42. The van der Waals surface area contributed by atoms with Gasteiger partial charge in [0.1, 0.15) is 5.78 Å². The molecule has 2 heteroatoms. The van der Waals surface area contributed by atoms with Crippen LogP contribution in [0.1, 0.15) is 33.1 Å². The van der Waals surface area contributed by atoms with Crippen molar-refractivity contribution in [3.63, 3.8) is 0 Å². The zero-order valence-electron chi connectivity index (χ0n) is 7.34. The Morgan fingerprint density at radius 1 is 1.73 bits per heavy atom. The molecule has 0 aromatic carbocycles. The molecule has 1 aliphatic rings. The number of carbonyl (C=O) groups excluding carboxylic acids is 1. The van der Waals surface area contributed by atoms with E-state index in [9.17, 15) is 4.79 Å². The Kier molecular flexibility index (Phi) is 2.66. The largest absolute Gasteiger partial charge is 0.328 e. The van der Waals surface area contributed by atoms with Gasteiger partial charge in [0.2, 0.25) is 0 Å². The Morgan fingerprint density at radius 2 is 2.27 bits per heavy atom. The zero-order valence-corrected chi connectivity index (χ0v) is 7.34. The summed E-state index contributed by atoms with van der Waals surface area (Å²) >= 11 is 0. The second kappa shape index (κ2) is 3.35. The molecule has 11 heavy (non-hydrogen) atoms. The number of nitrogens with two attached hydrogens (primary N) is 1. The van der Waals surface area contributed by atoms with Crippen molar-refractivity contribution in [3.8, 4) is 0 Å². The van der Waals surface area contributed by atoms with E-state index < -0.39 is 0 Å². The van der Waals surface area contributed by atoms with Gasteiger partial charge in [-0.1, -0.05) is 6.92 Å². The lowest BCUT2D eigenvalue weighted by molar-refractivity contribution is -0.119. The van der Waals surface area contributed by atoms with E-state index in [1.54, 1.807) is 0 Å². The molecule has 1 saturated carbocycles. The van der Waals surface area contributed by atoms with Gasteiger partial charge in [0, 0.05) is 18.9 Å². The van der Waals surface area contributed by atoms with Crippen molar-refractivity contribution in [3.05, 3.63) is 0 Å². The maximum Gasteiger partial charge on any atom is 0.134 e. The minimum Gasteiger partial charge on any atom is -0.328 e. The van der Waals surface area contributed by atoms with Crippen molar-refractivity contribution in [2.45, 2.75) is 39.2 Å². The molecule has 0 bridgehead atoms. The number of rotatable bonds is 4. The first-order valence-electron chi connectivity index (χ1n) is 4.37. The molecule has 1 aliphatic carbocycles. The second-order valence-corrected chi connectivity index (χ2v) is 3.90. The predicted molar refractivity (Wildman–Crippen MR) is 45.2 cm³/mol. The van der Waals surface area contributed by atoms with E-state index in [0.717, 1.165) is 12.3 Å². The van der Waals surface area contributed by atoms with Crippen LogP contribution in [-0.2, 0) is 4.79 Å². The van der Waals surface area contributed by atoms with Gasteiger partial charge in [-0.3, -0.25) is 4.79 Å². The highest BCUT2D eigenvalue weighted by Crippen LogP contribution is 2.40. The molecule has 2 nitrogen and oxygen atoms in total. The van der Waals surface area contributed by atoms with Crippen molar-refractivity contribution in [1.29, 1.82) is 0 Å². The Labute approximate surface area is 68.2 Å². The number of ketones is 1. The third kappa shape index (κ3) is 3.02. The molecule has 0 saturated heterocycles. The molecule has 2 unspecified atom stereocenters. The molecule has 1 fully saturated rings. The van der Waals surface area contributed by atoms with Crippen molar-refractivity contribution in [1.82, 2.24) is 0 Å². The van der Waals surface area contributed by atoms with Gasteiger partial charge in [0.05, 0.1) is 0 Å². The summed E-state index contributed by atoms with van der Waals surface area (Å²) in [6.45, 7) is 4.08. The summed E-state index contributed by atoms with van der Waals surface area (Å²) in [5.41, 5.74) is 5.50. The van der Waals surface area contributed by atoms with Gasteiger partial charge in [-0.15, -0.1) is 0 Å². The van der Waals surface area contributed by atoms with E-state index >= 15 is 0 Å². The summed E-state index contributed by atoms with van der Waals surface area (Å²) in [6.07, 6.45) is 2.57. The van der Waals surface area contributed by atoms with Crippen LogP contribution >= 0.6 is 0 Å². The van der Waals surface area contributed by atoms with Crippen LogP contribution in [-0.4, -0.2) is 11.8 Å². The van der Waals surface area contributed by atoms with Crippen LogP contribution < -0.4 is 5.73 Å². The first-order chi connectivity index (χ1) is 5.09. The Hall–Kier alpha value is -0.370. The SMILES string of the molecule is CC1CC1CC(=O)C[C@@H](C)N. The topological polar surface area (TPSA) is 43.1 Å². The molecular weight excluding hydrogens is 138 g/mol.